The summed E-state index contributed by atoms with van der Waals surface area (Å²) < 4.78 is 5.28. The van der Waals surface area contributed by atoms with Crippen LogP contribution in [0.1, 0.15) is 33.6 Å². The van der Waals surface area contributed by atoms with Gasteiger partial charge in [-0.1, -0.05) is 6.42 Å². The van der Waals surface area contributed by atoms with Crippen molar-refractivity contribution in [2.24, 2.45) is 5.92 Å². The molecule has 0 N–H and O–H groups in total. The average molecular weight is 264 g/mol. The largest absolute Gasteiger partial charge is 2.00 e. The molecule has 3 nitrogen and oxygen atoms in total. The maximum Gasteiger partial charge on any atom is 2.00 e. The number of rotatable bonds is 0. The van der Waals surface area contributed by atoms with Crippen LogP contribution in [0.4, 0.5) is 4.79 Å². The molecule has 0 radical (unpaired) electrons. The van der Waals surface area contributed by atoms with Crippen molar-refractivity contribution in [2.45, 2.75) is 39.2 Å². The van der Waals surface area contributed by atoms with Gasteiger partial charge < -0.3 is 16.6 Å². The van der Waals surface area contributed by atoms with Crippen molar-refractivity contribution in [1.29, 1.82) is 0 Å². The molecule has 1 fully saturated rings. The zero-order valence-electron chi connectivity index (χ0n) is 10.1. The van der Waals surface area contributed by atoms with Crippen LogP contribution in [0.3, 0.4) is 0 Å². The zero-order chi connectivity index (χ0) is 10.8. The van der Waals surface area contributed by atoms with E-state index in [1.807, 2.05) is 20.8 Å². The number of nitrogens with zero attached hydrogens (tertiary/aromatic N) is 1. The summed E-state index contributed by atoms with van der Waals surface area (Å²) in [7, 11) is 0. The molecule has 0 unspecified atom stereocenters. The van der Waals surface area contributed by atoms with Gasteiger partial charge in [0.05, 0.1) is 0 Å². The van der Waals surface area contributed by atoms with Crippen LogP contribution in [0.2, 0.25) is 0 Å². The van der Waals surface area contributed by atoms with Crippen LogP contribution in [0.25, 0.3) is 0 Å². The van der Waals surface area contributed by atoms with Crippen LogP contribution in [0.5, 0.6) is 0 Å². The van der Waals surface area contributed by atoms with Gasteiger partial charge in [-0.3, -0.25) is 0 Å². The first kappa shape index (κ1) is 14.9. The Bertz CT molecular complexity index is 213. The molecule has 0 aromatic heterocycles. The fourth-order valence-corrected chi connectivity index (χ4v) is 1.56. The smallest absolute Gasteiger partial charge is 0.444 e. The number of ether oxygens (including phenoxy) is 1. The molecule has 1 heterocycles. The molecule has 82 valence electrons. The SMILES string of the molecule is [CH2-][C@H]1CCCN(C(=O)OC(C)(C)C)C1.[Zn+2]. The van der Waals surface area contributed by atoms with E-state index in [0.29, 0.717) is 5.92 Å². The van der Waals surface area contributed by atoms with Gasteiger partial charge in [-0.2, -0.15) is 5.92 Å². The standard InChI is InChI=1S/C11H20NO2.Zn/c1-9-6-5-7-12(8-9)10(13)14-11(2,3)4;/h9H,1,5-8H2,2-4H3;/q-1;+2/t9-;/m0./s1. The molecule has 0 bridgehead atoms. The van der Waals surface area contributed by atoms with Crippen molar-refractivity contribution in [3.8, 4) is 0 Å². The van der Waals surface area contributed by atoms with Crippen LogP contribution in [-0.2, 0) is 24.2 Å². The Kier molecular flexibility index (Phi) is 5.79. The van der Waals surface area contributed by atoms with E-state index in [1.54, 1.807) is 4.90 Å². The fraction of sp³-hybridized carbons (Fsp3) is 0.818. The predicted octanol–water partition coefficient (Wildman–Crippen LogP) is 2.47. The molecule has 0 saturated carbocycles. The van der Waals surface area contributed by atoms with Crippen LogP contribution < -0.4 is 0 Å². The van der Waals surface area contributed by atoms with Crippen molar-refractivity contribution in [3.63, 3.8) is 0 Å². The monoisotopic (exact) mass is 262 g/mol. The molecule has 1 aliphatic heterocycles. The maximum atomic E-state index is 11.6. The number of hydrogen-bond acceptors (Lipinski definition) is 2. The van der Waals surface area contributed by atoms with E-state index in [-0.39, 0.29) is 25.6 Å². The van der Waals surface area contributed by atoms with E-state index in [9.17, 15) is 4.79 Å². The molecular weight excluding hydrogens is 244 g/mol. The summed E-state index contributed by atoms with van der Waals surface area (Å²) in [6.45, 7) is 11.2. The second-order valence-corrected chi connectivity index (χ2v) is 4.93. The normalized spacial score (nSPS) is 21.9. The fourth-order valence-electron chi connectivity index (χ4n) is 1.56. The third kappa shape index (κ3) is 5.51. The first-order valence-electron chi connectivity index (χ1n) is 5.19. The first-order valence-corrected chi connectivity index (χ1v) is 5.19. The van der Waals surface area contributed by atoms with E-state index in [0.717, 1.165) is 25.9 Å². The van der Waals surface area contributed by atoms with Gasteiger partial charge >= 0.3 is 25.6 Å². The summed E-state index contributed by atoms with van der Waals surface area (Å²) in [5.41, 5.74) is -0.398. The summed E-state index contributed by atoms with van der Waals surface area (Å²) in [4.78, 5) is 13.4. The topological polar surface area (TPSA) is 29.5 Å². The maximum absolute atomic E-state index is 11.6. The Hall–Kier alpha value is -0.107. The van der Waals surface area contributed by atoms with Gasteiger partial charge in [0.15, 0.2) is 0 Å². The van der Waals surface area contributed by atoms with Crippen molar-refractivity contribution in [2.75, 3.05) is 13.1 Å². The Morgan fingerprint density at radius 3 is 2.53 bits per heavy atom. The molecule has 1 atom stereocenters. The van der Waals surface area contributed by atoms with Gasteiger partial charge in [-0.15, -0.1) is 0 Å². The van der Waals surface area contributed by atoms with Crippen molar-refractivity contribution < 1.29 is 29.0 Å². The van der Waals surface area contributed by atoms with Crippen molar-refractivity contribution in [3.05, 3.63) is 6.92 Å². The van der Waals surface area contributed by atoms with E-state index < -0.39 is 5.60 Å². The van der Waals surface area contributed by atoms with Gasteiger partial charge in [0.2, 0.25) is 0 Å². The van der Waals surface area contributed by atoms with E-state index in [1.165, 1.54) is 0 Å². The van der Waals surface area contributed by atoms with Crippen molar-refractivity contribution in [1.82, 2.24) is 4.90 Å². The predicted molar refractivity (Wildman–Crippen MR) is 55.9 cm³/mol. The number of likely N-dealkylation sites (tertiary alicyclic amines) is 1. The summed E-state index contributed by atoms with van der Waals surface area (Å²) in [5.74, 6) is 0.358. The molecule has 1 rings (SSSR count). The number of carbonyl (C=O) groups excluding carboxylic acids is 1. The van der Waals surface area contributed by atoms with Crippen LogP contribution in [0, 0.1) is 12.8 Å². The Balaban J connectivity index is 0.00000196. The Labute approximate surface area is 105 Å². The number of piperidine rings is 1. The Morgan fingerprint density at radius 2 is 2.07 bits per heavy atom. The quantitative estimate of drug-likeness (QED) is 0.496. The van der Waals surface area contributed by atoms with E-state index >= 15 is 0 Å². The first-order chi connectivity index (χ1) is 6.38. The molecule has 15 heavy (non-hydrogen) atoms. The van der Waals surface area contributed by atoms with E-state index in [4.69, 9.17) is 4.74 Å². The minimum atomic E-state index is -0.398. The van der Waals surface area contributed by atoms with Gasteiger partial charge in [-0.25, -0.2) is 4.79 Å². The zero-order valence-corrected chi connectivity index (χ0v) is 13.1. The third-order valence-corrected chi connectivity index (χ3v) is 2.17. The van der Waals surface area contributed by atoms with E-state index in [2.05, 4.69) is 6.92 Å². The van der Waals surface area contributed by atoms with Crippen LogP contribution in [0.15, 0.2) is 0 Å². The van der Waals surface area contributed by atoms with Gasteiger partial charge in [-0.05, 0) is 33.7 Å². The second kappa shape index (κ2) is 5.84. The third-order valence-electron chi connectivity index (χ3n) is 2.17. The van der Waals surface area contributed by atoms with Gasteiger partial charge in [0, 0.05) is 6.54 Å². The summed E-state index contributed by atoms with van der Waals surface area (Å²) in [5, 5.41) is 0. The number of carbonyl (C=O) groups is 1. The van der Waals surface area contributed by atoms with Crippen LogP contribution in [-0.4, -0.2) is 29.7 Å². The van der Waals surface area contributed by atoms with Gasteiger partial charge in [0.1, 0.15) is 5.60 Å². The molecule has 0 aliphatic carbocycles. The average Bonchev–Trinajstić information content (AvgIpc) is 2.01. The molecule has 4 heteroatoms. The molecule has 1 saturated heterocycles. The Morgan fingerprint density at radius 1 is 1.47 bits per heavy atom. The number of amides is 1. The summed E-state index contributed by atoms with van der Waals surface area (Å²) >= 11 is 0. The molecule has 0 aromatic rings. The molecule has 0 spiro atoms. The minimum Gasteiger partial charge on any atom is -0.444 e. The summed E-state index contributed by atoms with van der Waals surface area (Å²) in [6.07, 6.45) is 1.94. The van der Waals surface area contributed by atoms with Gasteiger partial charge in [0.25, 0.3) is 0 Å². The molecule has 1 aliphatic rings. The molecule has 0 aromatic carbocycles. The minimum absolute atomic E-state index is 0. The van der Waals surface area contributed by atoms with Crippen LogP contribution >= 0.6 is 0 Å². The van der Waals surface area contributed by atoms with Crippen molar-refractivity contribution >= 4 is 6.09 Å². The molecular formula is C11H20NO2Zn+. The second-order valence-electron chi connectivity index (χ2n) is 4.93. The number of hydrogen-bond donors (Lipinski definition) is 0. The summed E-state index contributed by atoms with van der Waals surface area (Å²) in [6, 6.07) is 0. The molecule has 1 amide bonds.